The normalized spacial score (nSPS) is 12.7. The van der Waals surface area contributed by atoms with Gasteiger partial charge in [0, 0.05) is 17.3 Å². The maximum atomic E-state index is 13.2. The molecule has 2 N–H and O–H groups in total. The van der Waals surface area contributed by atoms with E-state index in [0.717, 1.165) is 28.9 Å². The molecular weight excluding hydrogens is 241 g/mol. The van der Waals surface area contributed by atoms with Crippen LogP contribution in [0.15, 0.2) is 24.3 Å². The molecule has 0 bridgehead atoms. The van der Waals surface area contributed by atoms with Crippen molar-refractivity contribution in [2.75, 3.05) is 0 Å². The molecule has 4 heteroatoms. The van der Waals surface area contributed by atoms with Crippen LogP contribution >= 0.6 is 0 Å². The van der Waals surface area contributed by atoms with Crippen LogP contribution in [-0.4, -0.2) is 9.78 Å². The highest BCUT2D eigenvalue weighted by molar-refractivity contribution is 5.29. The number of aryl methyl sites for hydroxylation is 1. The predicted molar refractivity (Wildman–Crippen MR) is 74.4 cm³/mol. The van der Waals surface area contributed by atoms with E-state index in [1.165, 1.54) is 12.1 Å². The van der Waals surface area contributed by atoms with Crippen LogP contribution in [0.25, 0.3) is 0 Å². The summed E-state index contributed by atoms with van der Waals surface area (Å²) in [6.45, 7) is 6.62. The molecule has 0 aliphatic carbocycles. The van der Waals surface area contributed by atoms with Gasteiger partial charge in [-0.15, -0.1) is 0 Å². The summed E-state index contributed by atoms with van der Waals surface area (Å²) in [6, 6.07) is 6.62. The molecule has 0 saturated heterocycles. The first kappa shape index (κ1) is 13.7. The largest absolute Gasteiger partial charge is 0.324 e. The summed E-state index contributed by atoms with van der Waals surface area (Å²) >= 11 is 0. The minimum Gasteiger partial charge on any atom is -0.324 e. The smallest absolute Gasteiger partial charge is 0.123 e. The van der Waals surface area contributed by atoms with Crippen LogP contribution in [0.2, 0.25) is 0 Å². The van der Waals surface area contributed by atoms with Gasteiger partial charge in [0.25, 0.3) is 0 Å². The molecule has 2 aromatic rings. The Bertz CT molecular complexity index is 575. The van der Waals surface area contributed by atoms with E-state index in [-0.39, 0.29) is 11.9 Å². The van der Waals surface area contributed by atoms with E-state index in [9.17, 15) is 4.39 Å². The van der Waals surface area contributed by atoms with Crippen molar-refractivity contribution in [3.05, 3.63) is 52.6 Å². The maximum Gasteiger partial charge on any atom is 0.123 e. The number of nitrogens with two attached hydrogens (primary N) is 1. The van der Waals surface area contributed by atoms with Crippen LogP contribution in [0.5, 0.6) is 0 Å². The molecule has 1 heterocycles. The molecule has 3 nitrogen and oxygen atoms in total. The Morgan fingerprint density at radius 2 is 2.11 bits per heavy atom. The van der Waals surface area contributed by atoms with Crippen molar-refractivity contribution in [1.82, 2.24) is 9.78 Å². The van der Waals surface area contributed by atoms with Crippen LogP contribution in [-0.2, 0) is 6.54 Å². The number of rotatable bonds is 4. The summed E-state index contributed by atoms with van der Waals surface area (Å²) in [5.74, 6) is -0.218. The summed E-state index contributed by atoms with van der Waals surface area (Å²) in [6.07, 6.45) is 0.882. The van der Waals surface area contributed by atoms with Crippen molar-refractivity contribution >= 4 is 0 Å². The summed E-state index contributed by atoms with van der Waals surface area (Å²) < 4.78 is 15.1. The molecule has 0 saturated carbocycles. The van der Waals surface area contributed by atoms with Gasteiger partial charge in [0.1, 0.15) is 5.82 Å². The standard InChI is InChI=1S/C15H20FN3/c1-4-14(17)15-10(2)18-19(11(15)3)9-12-6-5-7-13(16)8-12/h5-8,14H,4,9,17H2,1-3H3. The van der Waals surface area contributed by atoms with Gasteiger partial charge in [-0.1, -0.05) is 19.1 Å². The molecule has 0 fully saturated rings. The van der Waals surface area contributed by atoms with Crippen LogP contribution in [0.1, 0.15) is 41.9 Å². The minimum atomic E-state index is -0.218. The molecule has 2 rings (SSSR count). The summed E-state index contributed by atoms with van der Waals surface area (Å²) in [7, 11) is 0. The van der Waals surface area contributed by atoms with Crippen molar-refractivity contribution in [1.29, 1.82) is 0 Å². The Morgan fingerprint density at radius 3 is 2.74 bits per heavy atom. The van der Waals surface area contributed by atoms with Gasteiger partial charge in [-0.05, 0) is 38.0 Å². The zero-order valence-electron chi connectivity index (χ0n) is 11.7. The number of benzene rings is 1. The van der Waals surface area contributed by atoms with Gasteiger partial charge < -0.3 is 5.73 Å². The Balaban J connectivity index is 2.32. The monoisotopic (exact) mass is 261 g/mol. The first-order valence-corrected chi connectivity index (χ1v) is 6.56. The second-order valence-electron chi connectivity index (χ2n) is 4.89. The highest BCUT2D eigenvalue weighted by Crippen LogP contribution is 2.22. The molecule has 1 unspecified atom stereocenters. The first-order chi connectivity index (χ1) is 9.02. The minimum absolute atomic E-state index is 0.0151. The fourth-order valence-electron chi connectivity index (χ4n) is 2.41. The van der Waals surface area contributed by atoms with Crippen LogP contribution < -0.4 is 5.73 Å². The molecule has 1 aromatic carbocycles. The second kappa shape index (κ2) is 5.53. The molecule has 0 aliphatic heterocycles. The van der Waals surface area contributed by atoms with Gasteiger partial charge in [0.2, 0.25) is 0 Å². The van der Waals surface area contributed by atoms with E-state index in [0.29, 0.717) is 6.54 Å². The van der Waals surface area contributed by atoms with Crippen molar-refractivity contribution in [2.24, 2.45) is 5.73 Å². The lowest BCUT2D eigenvalue weighted by Gasteiger charge is -2.10. The van der Waals surface area contributed by atoms with Gasteiger partial charge in [0.05, 0.1) is 12.2 Å². The average molecular weight is 261 g/mol. The number of hydrogen-bond acceptors (Lipinski definition) is 2. The molecule has 0 spiro atoms. The number of aromatic nitrogens is 2. The predicted octanol–water partition coefficient (Wildman–Crippen LogP) is 3.10. The van der Waals surface area contributed by atoms with Crippen molar-refractivity contribution in [3.8, 4) is 0 Å². The summed E-state index contributed by atoms with van der Waals surface area (Å²) in [5.41, 5.74) is 10.2. The van der Waals surface area contributed by atoms with Crippen LogP contribution in [0.3, 0.4) is 0 Å². The van der Waals surface area contributed by atoms with Gasteiger partial charge in [-0.2, -0.15) is 5.10 Å². The van der Waals surface area contributed by atoms with E-state index in [4.69, 9.17) is 5.73 Å². The molecular formula is C15H20FN3. The third-order valence-corrected chi connectivity index (χ3v) is 3.47. The number of hydrogen-bond donors (Lipinski definition) is 1. The molecule has 1 atom stereocenters. The molecule has 0 amide bonds. The third kappa shape index (κ3) is 2.84. The van der Waals surface area contributed by atoms with E-state index in [2.05, 4.69) is 12.0 Å². The van der Waals surface area contributed by atoms with Gasteiger partial charge in [-0.3, -0.25) is 4.68 Å². The molecule has 0 aliphatic rings. The van der Waals surface area contributed by atoms with E-state index in [1.807, 2.05) is 24.6 Å². The Hall–Kier alpha value is -1.68. The summed E-state index contributed by atoms with van der Waals surface area (Å²) in [5, 5.41) is 4.52. The lowest BCUT2D eigenvalue weighted by Crippen LogP contribution is -2.11. The molecule has 1 aromatic heterocycles. The van der Waals surface area contributed by atoms with Crippen LogP contribution in [0, 0.1) is 19.7 Å². The Kier molecular flexibility index (Phi) is 4.00. The molecule has 0 radical (unpaired) electrons. The van der Waals surface area contributed by atoms with Crippen molar-refractivity contribution in [2.45, 2.75) is 39.8 Å². The molecule has 19 heavy (non-hydrogen) atoms. The van der Waals surface area contributed by atoms with Gasteiger partial charge in [-0.25, -0.2) is 4.39 Å². The number of nitrogens with zero attached hydrogens (tertiary/aromatic N) is 2. The molecule has 102 valence electrons. The number of halogens is 1. The second-order valence-corrected chi connectivity index (χ2v) is 4.89. The maximum absolute atomic E-state index is 13.2. The SMILES string of the molecule is CCC(N)c1c(C)nn(Cc2cccc(F)c2)c1C. The topological polar surface area (TPSA) is 43.8 Å². The van der Waals surface area contributed by atoms with E-state index >= 15 is 0 Å². The zero-order chi connectivity index (χ0) is 14.0. The van der Waals surface area contributed by atoms with Gasteiger partial charge in [0.15, 0.2) is 0 Å². The Morgan fingerprint density at radius 1 is 1.37 bits per heavy atom. The quantitative estimate of drug-likeness (QED) is 0.919. The first-order valence-electron chi connectivity index (χ1n) is 6.56. The Labute approximate surface area is 113 Å². The van der Waals surface area contributed by atoms with Crippen molar-refractivity contribution < 1.29 is 4.39 Å². The summed E-state index contributed by atoms with van der Waals surface area (Å²) in [4.78, 5) is 0. The third-order valence-electron chi connectivity index (χ3n) is 3.47. The fourth-order valence-corrected chi connectivity index (χ4v) is 2.41. The van der Waals surface area contributed by atoms with Crippen LogP contribution in [0.4, 0.5) is 4.39 Å². The lowest BCUT2D eigenvalue weighted by molar-refractivity contribution is 0.614. The zero-order valence-corrected chi connectivity index (χ0v) is 11.7. The average Bonchev–Trinajstić information content (AvgIpc) is 2.64. The highest BCUT2D eigenvalue weighted by Gasteiger charge is 2.16. The van der Waals surface area contributed by atoms with Crippen molar-refractivity contribution in [3.63, 3.8) is 0 Å². The highest BCUT2D eigenvalue weighted by atomic mass is 19.1. The lowest BCUT2D eigenvalue weighted by atomic mass is 10.0. The van der Waals surface area contributed by atoms with Gasteiger partial charge >= 0.3 is 0 Å². The van der Waals surface area contributed by atoms with E-state index < -0.39 is 0 Å². The van der Waals surface area contributed by atoms with E-state index in [1.54, 1.807) is 6.07 Å². The fraction of sp³-hybridized carbons (Fsp3) is 0.400.